The van der Waals surface area contributed by atoms with Crippen LogP contribution in [-0.2, 0) is 4.74 Å². The third kappa shape index (κ3) is 5.45. The molecule has 0 fully saturated rings. The summed E-state index contributed by atoms with van der Waals surface area (Å²) in [6, 6.07) is 0. The van der Waals surface area contributed by atoms with Crippen molar-refractivity contribution >= 4 is 6.21 Å². The molecule has 0 aliphatic heterocycles. The Balaban J connectivity index is 3.88. The van der Waals surface area contributed by atoms with E-state index in [4.69, 9.17) is 10.5 Å². The highest BCUT2D eigenvalue weighted by Crippen LogP contribution is 1.97. The molecule has 0 aromatic heterocycles. The molecule has 0 rings (SSSR count). The number of hydrogen-bond acceptors (Lipinski definition) is 3. The molecule has 3 nitrogen and oxygen atoms in total. The van der Waals surface area contributed by atoms with Crippen molar-refractivity contribution in [3.8, 4) is 0 Å². The lowest BCUT2D eigenvalue weighted by Crippen LogP contribution is -2.05. The minimum Gasteiger partial charge on any atom is -0.488 e. The lowest BCUT2D eigenvalue weighted by atomic mass is 10.4. The van der Waals surface area contributed by atoms with E-state index in [0.29, 0.717) is 5.76 Å². The summed E-state index contributed by atoms with van der Waals surface area (Å²) in [5.74, 6) is 0.627. The van der Waals surface area contributed by atoms with Crippen LogP contribution in [0.25, 0.3) is 0 Å². The molecule has 0 atom stereocenters. The first kappa shape index (κ1) is 10.0. The number of rotatable bonds is 4. The maximum atomic E-state index is 5.29. The van der Waals surface area contributed by atoms with Gasteiger partial charge in [0.1, 0.15) is 0 Å². The molecule has 0 bridgehead atoms. The first-order valence-corrected chi connectivity index (χ1v) is 3.79. The minimum absolute atomic E-state index is 0.146. The first-order valence-electron chi connectivity index (χ1n) is 3.79. The molecule has 0 aromatic carbocycles. The molecule has 0 radical (unpaired) electrons. The van der Waals surface area contributed by atoms with E-state index in [1.54, 1.807) is 6.21 Å². The monoisotopic (exact) mass is 156 g/mol. The van der Waals surface area contributed by atoms with Crippen LogP contribution < -0.4 is 5.73 Å². The van der Waals surface area contributed by atoms with Crippen molar-refractivity contribution < 1.29 is 4.74 Å². The summed E-state index contributed by atoms with van der Waals surface area (Å²) in [7, 11) is 0. The fourth-order valence-corrected chi connectivity index (χ4v) is 0.566. The van der Waals surface area contributed by atoms with Crippen molar-refractivity contribution in [2.24, 2.45) is 10.7 Å². The van der Waals surface area contributed by atoms with Crippen molar-refractivity contribution in [3.63, 3.8) is 0 Å². The Kier molecular flexibility index (Phi) is 5.25. The van der Waals surface area contributed by atoms with Gasteiger partial charge < -0.3 is 10.5 Å². The zero-order valence-electron chi connectivity index (χ0n) is 7.37. The van der Waals surface area contributed by atoms with Crippen LogP contribution in [0.15, 0.2) is 17.0 Å². The van der Waals surface area contributed by atoms with Gasteiger partial charge in [-0.1, -0.05) is 0 Å². The topological polar surface area (TPSA) is 47.6 Å². The summed E-state index contributed by atoms with van der Waals surface area (Å²) in [5.41, 5.74) is 5.28. The Morgan fingerprint density at radius 2 is 2.27 bits per heavy atom. The van der Waals surface area contributed by atoms with Gasteiger partial charge in [0.2, 0.25) is 0 Å². The van der Waals surface area contributed by atoms with Crippen LogP contribution in [0, 0.1) is 0 Å². The molecule has 0 heterocycles. The third-order valence-corrected chi connectivity index (χ3v) is 0.937. The van der Waals surface area contributed by atoms with Crippen LogP contribution in [0.4, 0.5) is 0 Å². The standard InChI is InChI=1S/C8H16N2O/c1-4-10-6-8(5-9)11-7(2)3/h5-7H,4,9H2,1-3H3/b8-5+,10-6?. The third-order valence-electron chi connectivity index (χ3n) is 0.937. The number of hydrogen-bond donors (Lipinski definition) is 1. The van der Waals surface area contributed by atoms with Gasteiger partial charge in [0.25, 0.3) is 0 Å². The van der Waals surface area contributed by atoms with E-state index in [0.717, 1.165) is 6.54 Å². The van der Waals surface area contributed by atoms with Crippen molar-refractivity contribution in [1.29, 1.82) is 0 Å². The fraction of sp³-hybridized carbons (Fsp3) is 0.625. The number of nitrogens with two attached hydrogens (primary N) is 1. The Morgan fingerprint density at radius 1 is 1.64 bits per heavy atom. The van der Waals surface area contributed by atoms with Crippen molar-refractivity contribution in [2.75, 3.05) is 6.54 Å². The zero-order chi connectivity index (χ0) is 8.69. The molecule has 0 saturated carbocycles. The molecule has 0 unspecified atom stereocenters. The molecule has 64 valence electrons. The molecular formula is C8H16N2O. The molecule has 0 aliphatic rings. The Hall–Kier alpha value is -0.990. The Labute approximate surface area is 68.0 Å². The normalized spacial score (nSPS) is 12.9. The highest BCUT2D eigenvalue weighted by Gasteiger charge is 1.95. The zero-order valence-corrected chi connectivity index (χ0v) is 7.37. The summed E-state index contributed by atoms with van der Waals surface area (Å²) in [6.45, 7) is 6.60. The summed E-state index contributed by atoms with van der Waals surface area (Å²) in [5, 5.41) is 0. The van der Waals surface area contributed by atoms with Gasteiger partial charge in [0, 0.05) is 12.7 Å². The van der Waals surface area contributed by atoms with Crippen molar-refractivity contribution in [3.05, 3.63) is 12.0 Å². The van der Waals surface area contributed by atoms with Gasteiger partial charge in [-0.25, -0.2) is 0 Å². The average molecular weight is 156 g/mol. The van der Waals surface area contributed by atoms with Gasteiger partial charge in [-0.3, -0.25) is 4.99 Å². The molecule has 0 saturated heterocycles. The fourth-order valence-electron chi connectivity index (χ4n) is 0.566. The Bertz CT molecular complexity index is 150. The van der Waals surface area contributed by atoms with Crippen LogP contribution in [0.3, 0.4) is 0 Å². The van der Waals surface area contributed by atoms with Crippen LogP contribution in [0.2, 0.25) is 0 Å². The Morgan fingerprint density at radius 3 is 2.64 bits per heavy atom. The molecule has 0 aliphatic carbocycles. The predicted octanol–water partition coefficient (Wildman–Crippen LogP) is 1.30. The molecule has 11 heavy (non-hydrogen) atoms. The molecular weight excluding hydrogens is 140 g/mol. The molecule has 2 N–H and O–H groups in total. The summed E-state index contributed by atoms with van der Waals surface area (Å²) < 4.78 is 5.29. The van der Waals surface area contributed by atoms with Crippen LogP contribution in [0.1, 0.15) is 20.8 Å². The maximum absolute atomic E-state index is 5.29. The van der Waals surface area contributed by atoms with Crippen molar-refractivity contribution in [1.82, 2.24) is 0 Å². The second-order valence-corrected chi connectivity index (χ2v) is 2.36. The number of aliphatic imine (C=N–C) groups is 1. The van der Waals surface area contributed by atoms with E-state index in [1.807, 2.05) is 20.8 Å². The predicted molar refractivity (Wildman–Crippen MR) is 47.5 cm³/mol. The van der Waals surface area contributed by atoms with E-state index >= 15 is 0 Å². The number of ether oxygens (including phenoxy) is 1. The molecule has 0 aromatic rings. The van der Waals surface area contributed by atoms with E-state index in [9.17, 15) is 0 Å². The quantitative estimate of drug-likeness (QED) is 0.492. The number of nitrogens with zero attached hydrogens (tertiary/aromatic N) is 1. The molecule has 0 amide bonds. The summed E-state index contributed by atoms with van der Waals surface area (Å²) in [6.07, 6.45) is 3.20. The molecule has 0 spiro atoms. The van der Waals surface area contributed by atoms with Gasteiger partial charge in [-0.15, -0.1) is 0 Å². The second-order valence-electron chi connectivity index (χ2n) is 2.36. The minimum atomic E-state index is 0.146. The van der Waals surface area contributed by atoms with Crippen LogP contribution in [-0.4, -0.2) is 18.9 Å². The maximum Gasteiger partial charge on any atom is 0.152 e. The first-order chi connectivity index (χ1) is 5.20. The van der Waals surface area contributed by atoms with Gasteiger partial charge in [-0.05, 0) is 20.8 Å². The summed E-state index contributed by atoms with van der Waals surface area (Å²) >= 11 is 0. The SMILES string of the molecule is CCN=C/C(=C\N)OC(C)C. The van der Waals surface area contributed by atoms with Gasteiger partial charge in [0.05, 0.1) is 12.3 Å². The van der Waals surface area contributed by atoms with Gasteiger partial charge in [0.15, 0.2) is 5.76 Å². The average Bonchev–Trinajstić information content (AvgIpc) is 1.97. The smallest absolute Gasteiger partial charge is 0.152 e. The number of allylic oxidation sites excluding steroid dienone is 1. The lowest BCUT2D eigenvalue weighted by molar-refractivity contribution is 0.164. The highest BCUT2D eigenvalue weighted by atomic mass is 16.5. The van der Waals surface area contributed by atoms with E-state index in [2.05, 4.69) is 4.99 Å². The van der Waals surface area contributed by atoms with Gasteiger partial charge in [-0.2, -0.15) is 0 Å². The lowest BCUT2D eigenvalue weighted by Gasteiger charge is -2.08. The second kappa shape index (κ2) is 5.77. The van der Waals surface area contributed by atoms with E-state index in [1.165, 1.54) is 6.20 Å². The van der Waals surface area contributed by atoms with Gasteiger partial charge >= 0.3 is 0 Å². The van der Waals surface area contributed by atoms with E-state index in [-0.39, 0.29) is 6.10 Å². The van der Waals surface area contributed by atoms with E-state index < -0.39 is 0 Å². The van der Waals surface area contributed by atoms with Crippen LogP contribution >= 0.6 is 0 Å². The molecule has 3 heteroatoms. The van der Waals surface area contributed by atoms with Crippen LogP contribution in [0.5, 0.6) is 0 Å². The largest absolute Gasteiger partial charge is 0.488 e. The summed E-state index contributed by atoms with van der Waals surface area (Å²) in [4.78, 5) is 4.00. The van der Waals surface area contributed by atoms with Crippen molar-refractivity contribution in [2.45, 2.75) is 26.9 Å². The highest BCUT2D eigenvalue weighted by molar-refractivity contribution is 5.75.